The number of amides is 4. The molecule has 128 valence electrons. The standard InChI is InChI=1S/C18H23N3O3/c1-13-7-5-6-10-18(13)16(23)21(17(24)20-18)12-15(22)19-11-14-8-3-2-4-9-14/h2-4,8-9,13H,5-7,10-12H2,1H3,(H,19,22)(H,20,24)/t13-,18-/m0/s1. The van der Waals surface area contributed by atoms with E-state index in [4.69, 9.17) is 0 Å². The van der Waals surface area contributed by atoms with Gasteiger partial charge >= 0.3 is 6.03 Å². The Balaban J connectivity index is 1.61. The van der Waals surface area contributed by atoms with E-state index in [2.05, 4.69) is 10.6 Å². The summed E-state index contributed by atoms with van der Waals surface area (Å²) < 4.78 is 0. The maximum absolute atomic E-state index is 12.8. The van der Waals surface area contributed by atoms with E-state index in [1.165, 1.54) is 0 Å². The van der Waals surface area contributed by atoms with E-state index in [0.29, 0.717) is 13.0 Å². The van der Waals surface area contributed by atoms with Crippen molar-refractivity contribution < 1.29 is 14.4 Å². The van der Waals surface area contributed by atoms with E-state index in [0.717, 1.165) is 29.7 Å². The molecule has 1 saturated heterocycles. The molecule has 1 heterocycles. The summed E-state index contributed by atoms with van der Waals surface area (Å²) in [5.74, 6) is -0.488. The summed E-state index contributed by atoms with van der Waals surface area (Å²) in [5, 5.41) is 5.61. The van der Waals surface area contributed by atoms with E-state index in [-0.39, 0.29) is 24.3 Å². The van der Waals surface area contributed by atoms with Gasteiger partial charge in [-0.3, -0.25) is 14.5 Å². The normalized spacial score (nSPS) is 26.5. The van der Waals surface area contributed by atoms with Gasteiger partial charge in [-0.05, 0) is 24.3 Å². The van der Waals surface area contributed by atoms with Crippen LogP contribution in [0.15, 0.2) is 30.3 Å². The van der Waals surface area contributed by atoms with Gasteiger partial charge in [0.25, 0.3) is 5.91 Å². The molecule has 2 N–H and O–H groups in total. The Morgan fingerprint density at radius 2 is 2.04 bits per heavy atom. The third kappa shape index (κ3) is 3.00. The number of nitrogens with one attached hydrogen (secondary N) is 2. The Morgan fingerprint density at radius 3 is 2.75 bits per heavy atom. The molecule has 3 rings (SSSR count). The molecule has 2 aliphatic rings. The fraction of sp³-hybridized carbons (Fsp3) is 0.500. The van der Waals surface area contributed by atoms with Gasteiger partial charge in [-0.2, -0.15) is 0 Å². The monoisotopic (exact) mass is 329 g/mol. The minimum Gasteiger partial charge on any atom is -0.350 e. The Hall–Kier alpha value is -2.37. The number of nitrogens with zero attached hydrogens (tertiary/aromatic N) is 1. The molecule has 2 atom stereocenters. The van der Waals surface area contributed by atoms with E-state index in [9.17, 15) is 14.4 Å². The molecular formula is C18H23N3O3. The summed E-state index contributed by atoms with van der Waals surface area (Å²) in [7, 11) is 0. The molecule has 0 unspecified atom stereocenters. The molecule has 1 aliphatic carbocycles. The fourth-order valence-electron chi connectivity index (χ4n) is 3.64. The van der Waals surface area contributed by atoms with Gasteiger partial charge in [-0.25, -0.2) is 4.79 Å². The zero-order valence-electron chi connectivity index (χ0n) is 13.9. The summed E-state index contributed by atoms with van der Waals surface area (Å²) >= 11 is 0. The van der Waals surface area contributed by atoms with Crippen LogP contribution in [0.5, 0.6) is 0 Å². The summed E-state index contributed by atoms with van der Waals surface area (Å²) in [6.07, 6.45) is 3.56. The van der Waals surface area contributed by atoms with Crippen molar-refractivity contribution in [2.45, 2.75) is 44.7 Å². The lowest BCUT2D eigenvalue weighted by atomic mass is 9.73. The minimum absolute atomic E-state index is 0.0973. The predicted molar refractivity (Wildman–Crippen MR) is 88.9 cm³/mol. The van der Waals surface area contributed by atoms with Gasteiger partial charge in [0.1, 0.15) is 12.1 Å². The minimum atomic E-state index is -0.810. The van der Waals surface area contributed by atoms with Crippen molar-refractivity contribution in [3.63, 3.8) is 0 Å². The molecule has 1 saturated carbocycles. The van der Waals surface area contributed by atoms with Crippen molar-refractivity contribution in [3.8, 4) is 0 Å². The first-order chi connectivity index (χ1) is 11.5. The molecule has 6 heteroatoms. The first-order valence-corrected chi connectivity index (χ1v) is 8.47. The number of carbonyl (C=O) groups excluding carboxylic acids is 3. The largest absolute Gasteiger partial charge is 0.350 e. The Morgan fingerprint density at radius 1 is 1.29 bits per heavy atom. The highest BCUT2D eigenvalue weighted by molar-refractivity contribution is 6.09. The molecular weight excluding hydrogens is 306 g/mol. The SMILES string of the molecule is C[C@H]1CCCC[C@]12NC(=O)N(CC(=O)NCc1ccccc1)C2=O. The predicted octanol–water partition coefficient (Wildman–Crippen LogP) is 1.80. The molecule has 0 bridgehead atoms. The highest BCUT2D eigenvalue weighted by atomic mass is 16.2. The van der Waals surface area contributed by atoms with Crippen molar-refractivity contribution in [2.75, 3.05) is 6.54 Å². The molecule has 2 fully saturated rings. The number of rotatable bonds is 4. The molecule has 0 aromatic heterocycles. The summed E-state index contributed by atoms with van der Waals surface area (Å²) in [4.78, 5) is 38.2. The lowest BCUT2D eigenvalue weighted by Gasteiger charge is -2.36. The highest BCUT2D eigenvalue weighted by Gasteiger charge is 2.55. The van der Waals surface area contributed by atoms with Crippen LogP contribution in [0.2, 0.25) is 0 Å². The average molecular weight is 329 g/mol. The van der Waals surface area contributed by atoms with E-state index in [1.54, 1.807) is 0 Å². The second-order valence-corrected chi connectivity index (χ2v) is 6.70. The van der Waals surface area contributed by atoms with Gasteiger partial charge < -0.3 is 10.6 Å². The fourth-order valence-corrected chi connectivity index (χ4v) is 3.64. The van der Waals surface area contributed by atoms with Crippen molar-refractivity contribution >= 4 is 17.8 Å². The lowest BCUT2D eigenvalue weighted by molar-refractivity contribution is -0.137. The topological polar surface area (TPSA) is 78.5 Å². The van der Waals surface area contributed by atoms with Crippen LogP contribution in [0.4, 0.5) is 4.79 Å². The van der Waals surface area contributed by atoms with Gasteiger partial charge in [0.15, 0.2) is 0 Å². The molecule has 4 amide bonds. The number of hydrogen-bond acceptors (Lipinski definition) is 3. The van der Waals surface area contributed by atoms with Crippen molar-refractivity contribution in [1.29, 1.82) is 0 Å². The number of urea groups is 1. The molecule has 1 spiro atoms. The van der Waals surface area contributed by atoms with Crippen LogP contribution >= 0.6 is 0 Å². The van der Waals surface area contributed by atoms with Crippen LogP contribution < -0.4 is 10.6 Å². The first kappa shape index (κ1) is 16.5. The van der Waals surface area contributed by atoms with Crippen LogP contribution in [-0.2, 0) is 16.1 Å². The number of carbonyl (C=O) groups is 3. The van der Waals surface area contributed by atoms with Gasteiger partial charge in [0.05, 0.1) is 0 Å². The van der Waals surface area contributed by atoms with Crippen molar-refractivity contribution in [3.05, 3.63) is 35.9 Å². The molecule has 1 aromatic rings. The zero-order valence-corrected chi connectivity index (χ0v) is 13.9. The lowest BCUT2D eigenvalue weighted by Crippen LogP contribution is -2.54. The molecule has 6 nitrogen and oxygen atoms in total. The van der Waals surface area contributed by atoms with E-state index in [1.807, 2.05) is 37.3 Å². The van der Waals surface area contributed by atoms with Crippen molar-refractivity contribution in [2.24, 2.45) is 5.92 Å². The molecule has 24 heavy (non-hydrogen) atoms. The first-order valence-electron chi connectivity index (χ1n) is 8.47. The van der Waals surface area contributed by atoms with Crippen molar-refractivity contribution in [1.82, 2.24) is 15.5 Å². The molecule has 0 radical (unpaired) electrons. The van der Waals surface area contributed by atoms with E-state index >= 15 is 0 Å². The smallest absolute Gasteiger partial charge is 0.325 e. The zero-order chi connectivity index (χ0) is 17.2. The summed E-state index contributed by atoms with van der Waals surface area (Å²) in [6.45, 7) is 2.15. The van der Waals surface area contributed by atoms with Gasteiger partial charge in [-0.15, -0.1) is 0 Å². The second-order valence-electron chi connectivity index (χ2n) is 6.70. The van der Waals surface area contributed by atoms with Crippen LogP contribution in [-0.4, -0.2) is 34.8 Å². The maximum Gasteiger partial charge on any atom is 0.325 e. The van der Waals surface area contributed by atoms with E-state index < -0.39 is 11.6 Å². The Kier molecular flexibility index (Phi) is 4.55. The number of imide groups is 1. The molecule has 1 aliphatic heterocycles. The quantitative estimate of drug-likeness (QED) is 0.827. The van der Waals surface area contributed by atoms with Crippen LogP contribution in [0.1, 0.15) is 38.2 Å². The van der Waals surface area contributed by atoms with Gasteiger partial charge in [0.2, 0.25) is 5.91 Å². The number of benzene rings is 1. The third-order valence-corrected chi connectivity index (χ3v) is 5.14. The molecule has 1 aromatic carbocycles. The summed E-state index contributed by atoms with van der Waals surface area (Å²) in [5.41, 5.74) is 0.162. The highest BCUT2D eigenvalue weighted by Crippen LogP contribution is 2.38. The number of hydrogen-bond donors (Lipinski definition) is 2. The average Bonchev–Trinajstić information content (AvgIpc) is 2.82. The third-order valence-electron chi connectivity index (χ3n) is 5.14. The van der Waals surface area contributed by atoms with Crippen LogP contribution in [0, 0.1) is 5.92 Å². The van der Waals surface area contributed by atoms with Gasteiger partial charge in [-0.1, -0.05) is 50.1 Å². The van der Waals surface area contributed by atoms with Gasteiger partial charge in [0, 0.05) is 6.54 Å². The summed E-state index contributed by atoms with van der Waals surface area (Å²) in [6, 6.07) is 9.06. The Labute approximate surface area is 141 Å². The Bertz CT molecular complexity index is 646. The van der Waals surface area contributed by atoms with Crippen LogP contribution in [0.3, 0.4) is 0 Å². The maximum atomic E-state index is 12.8. The van der Waals surface area contributed by atoms with Crippen LogP contribution in [0.25, 0.3) is 0 Å². The second kappa shape index (κ2) is 6.63.